The van der Waals surface area contributed by atoms with E-state index < -0.39 is 0 Å². The molecule has 8 heteroatoms. The van der Waals surface area contributed by atoms with Crippen LogP contribution in [0, 0.1) is 11.8 Å². The number of amides is 2. The summed E-state index contributed by atoms with van der Waals surface area (Å²) in [4.78, 5) is 31.7. The van der Waals surface area contributed by atoms with E-state index in [-0.39, 0.29) is 29.7 Å². The molecule has 29 heavy (non-hydrogen) atoms. The summed E-state index contributed by atoms with van der Waals surface area (Å²) in [5.74, 6) is 0.414. The van der Waals surface area contributed by atoms with E-state index in [9.17, 15) is 9.59 Å². The average molecular weight is 458 g/mol. The first-order valence-electron chi connectivity index (χ1n) is 9.86. The molecular weight excluding hydrogens is 434 g/mol. The Hall–Kier alpha value is -2.29. The molecule has 1 aromatic heterocycles. The molecule has 0 spiro atoms. The highest BCUT2D eigenvalue weighted by molar-refractivity contribution is 9.10. The molecule has 2 saturated heterocycles. The van der Waals surface area contributed by atoms with E-state index in [2.05, 4.69) is 37.1 Å². The summed E-state index contributed by atoms with van der Waals surface area (Å²) in [6, 6.07) is 13.6. The van der Waals surface area contributed by atoms with Gasteiger partial charge in [-0.2, -0.15) is 0 Å². The fourth-order valence-corrected chi connectivity index (χ4v) is 4.21. The number of piperidine rings is 1. The number of hydrazine groups is 1. The minimum absolute atomic E-state index is 0.0294. The molecule has 152 valence electrons. The first kappa shape index (κ1) is 20.0. The van der Waals surface area contributed by atoms with Gasteiger partial charge in [0.1, 0.15) is 5.82 Å². The van der Waals surface area contributed by atoms with Crippen molar-refractivity contribution in [3.05, 3.63) is 58.7 Å². The number of rotatable bonds is 4. The summed E-state index contributed by atoms with van der Waals surface area (Å²) in [6.45, 7) is 1.80. The molecule has 1 aromatic carbocycles. The molecule has 2 fully saturated rings. The Morgan fingerprint density at radius 2 is 1.86 bits per heavy atom. The van der Waals surface area contributed by atoms with Crippen LogP contribution in [0.15, 0.2) is 53.1 Å². The SMILES string of the molecule is O=C(Nc1ccc(Br)cn1)C1CCN(C(=O)C2CNNC2c2ccccc2)CC1. The van der Waals surface area contributed by atoms with E-state index in [1.165, 1.54) is 0 Å². The number of carbonyl (C=O) groups is 2. The van der Waals surface area contributed by atoms with Crippen LogP contribution in [0.25, 0.3) is 0 Å². The fourth-order valence-electron chi connectivity index (χ4n) is 3.98. The zero-order valence-electron chi connectivity index (χ0n) is 16.0. The molecule has 2 aliphatic rings. The second kappa shape index (κ2) is 9.02. The van der Waals surface area contributed by atoms with Crippen LogP contribution in [-0.2, 0) is 9.59 Å². The molecule has 7 nitrogen and oxygen atoms in total. The van der Waals surface area contributed by atoms with Crippen molar-refractivity contribution in [2.45, 2.75) is 18.9 Å². The van der Waals surface area contributed by atoms with Gasteiger partial charge in [-0.1, -0.05) is 30.3 Å². The maximum Gasteiger partial charge on any atom is 0.229 e. The van der Waals surface area contributed by atoms with Crippen LogP contribution >= 0.6 is 15.9 Å². The predicted molar refractivity (Wildman–Crippen MR) is 114 cm³/mol. The van der Waals surface area contributed by atoms with Crippen molar-refractivity contribution in [1.82, 2.24) is 20.7 Å². The van der Waals surface area contributed by atoms with Crippen molar-refractivity contribution in [2.24, 2.45) is 11.8 Å². The zero-order valence-corrected chi connectivity index (χ0v) is 17.6. The zero-order chi connectivity index (χ0) is 20.2. The van der Waals surface area contributed by atoms with E-state index in [0.717, 1.165) is 10.0 Å². The Labute approximate surface area is 178 Å². The molecule has 2 unspecified atom stereocenters. The van der Waals surface area contributed by atoms with Gasteiger partial charge in [-0.3, -0.25) is 15.0 Å². The van der Waals surface area contributed by atoms with Crippen LogP contribution in [0.3, 0.4) is 0 Å². The van der Waals surface area contributed by atoms with E-state index in [0.29, 0.717) is 38.3 Å². The number of benzene rings is 1. The quantitative estimate of drug-likeness (QED) is 0.656. The summed E-state index contributed by atoms with van der Waals surface area (Å²) in [5.41, 5.74) is 7.46. The van der Waals surface area contributed by atoms with E-state index in [1.807, 2.05) is 41.3 Å². The van der Waals surface area contributed by atoms with Gasteiger partial charge >= 0.3 is 0 Å². The molecule has 0 radical (unpaired) electrons. The Bertz CT molecular complexity index is 853. The number of likely N-dealkylation sites (tertiary alicyclic amines) is 1. The van der Waals surface area contributed by atoms with Crippen LogP contribution in [0.1, 0.15) is 24.4 Å². The molecule has 2 amide bonds. The smallest absolute Gasteiger partial charge is 0.229 e. The molecule has 2 atom stereocenters. The van der Waals surface area contributed by atoms with Gasteiger partial charge in [-0.25, -0.2) is 10.4 Å². The van der Waals surface area contributed by atoms with E-state index >= 15 is 0 Å². The molecule has 4 rings (SSSR count). The van der Waals surface area contributed by atoms with Gasteiger partial charge in [-0.15, -0.1) is 0 Å². The summed E-state index contributed by atoms with van der Waals surface area (Å²) in [6.07, 6.45) is 2.99. The van der Waals surface area contributed by atoms with Gasteiger partial charge in [0.25, 0.3) is 0 Å². The number of hydrogen-bond donors (Lipinski definition) is 3. The number of aromatic nitrogens is 1. The van der Waals surface area contributed by atoms with E-state index in [4.69, 9.17) is 0 Å². The highest BCUT2D eigenvalue weighted by Gasteiger charge is 2.38. The Kier molecular flexibility index (Phi) is 6.22. The summed E-state index contributed by atoms with van der Waals surface area (Å²) >= 11 is 3.33. The normalized spacial score (nSPS) is 22.4. The number of nitrogens with zero attached hydrogens (tertiary/aromatic N) is 2. The van der Waals surface area contributed by atoms with Crippen LogP contribution in [0.2, 0.25) is 0 Å². The minimum Gasteiger partial charge on any atom is -0.342 e. The summed E-state index contributed by atoms with van der Waals surface area (Å²) in [5, 5.41) is 2.87. The third kappa shape index (κ3) is 4.66. The molecule has 3 N–H and O–H groups in total. The van der Waals surface area contributed by atoms with Crippen LogP contribution in [-0.4, -0.2) is 41.3 Å². The number of pyridine rings is 1. The fraction of sp³-hybridized carbons (Fsp3) is 0.381. The van der Waals surface area contributed by atoms with Gasteiger partial charge in [-0.05, 0) is 46.5 Å². The van der Waals surface area contributed by atoms with Crippen LogP contribution in [0.4, 0.5) is 5.82 Å². The molecule has 2 aromatic rings. The largest absolute Gasteiger partial charge is 0.342 e. The molecule has 0 aliphatic carbocycles. The predicted octanol–water partition coefficient (Wildman–Crippen LogP) is 2.49. The minimum atomic E-state index is -0.144. The molecular formula is C21H24BrN5O2. The monoisotopic (exact) mass is 457 g/mol. The topological polar surface area (TPSA) is 86.4 Å². The molecule has 0 saturated carbocycles. The Balaban J connectivity index is 1.32. The lowest BCUT2D eigenvalue weighted by Crippen LogP contribution is -2.45. The average Bonchev–Trinajstić information content (AvgIpc) is 3.25. The summed E-state index contributed by atoms with van der Waals surface area (Å²) in [7, 11) is 0. The second-order valence-corrected chi connectivity index (χ2v) is 8.39. The first-order valence-corrected chi connectivity index (χ1v) is 10.7. The van der Waals surface area contributed by atoms with Crippen LogP contribution < -0.4 is 16.2 Å². The molecule has 3 heterocycles. The van der Waals surface area contributed by atoms with Crippen molar-refractivity contribution >= 4 is 33.6 Å². The lowest BCUT2D eigenvalue weighted by molar-refractivity contribution is -0.138. The molecule has 0 bridgehead atoms. The summed E-state index contributed by atoms with van der Waals surface area (Å²) < 4.78 is 0.868. The Morgan fingerprint density at radius 1 is 1.10 bits per heavy atom. The van der Waals surface area contributed by atoms with Crippen LogP contribution in [0.5, 0.6) is 0 Å². The number of anilines is 1. The van der Waals surface area contributed by atoms with Crippen molar-refractivity contribution in [3.8, 4) is 0 Å². The number of hydrogen-bond acceptors (Lipinski definition) is 5. The number of halogens is 1. The van der Waals surface area contributed by atoms with Crippen molar-refractivity contribution < 1.29 is 9.59 Å². The third-order valence-corrected chi connectivity index (χ3v) is 6.08. The van der Waals surface area contributed by atoms with E-state index in [1.54, 1.807) is 12.3 Å². The van der Waals surface area contributed by atoms with Crippen molar-refractivity contribution in [1.29, 1.82) is 0 Å². The van der Waals surface area contributed by atoms with Gasteiger partial charge in [0.2, 0.25) is 11.8 Å². The maximum absolute atomic E-state index is 13.1. The van der Waals surface area contributed by atoms with Gasteiger partial charge < -0.3 is 10.2 Å². The lowest BCUT2D eigenvalue weighted by atomic mass is 9.91. The van der Waals surface area contributed by atoms with Crippen molar-refractivity contribution in [2.75, 3.05) is 25.0 Å². The molecule has 2 aliphatic heterocycles. The van der Waals surface area contributed by atoms with Gasteiger partial charge in [0.15, 0.2) is 0 Å². The van der Waals surface area contributed by atoms with Gasteiger partial charge in [0.05, 0.1) is 12.0 Å². The first-order chi connectivity index (χ1) is 14.1. The lowest BCUT2D eigenvalue weighted by Gasteiger charge is -2.33. The Morgan fingerprint density at radius 3 is 2.55 bits per heavy atom. The highest BCUT2D eigenvalue weighted by atomic mass is 79.9. The second-order valence-electron chi connectivity index (χ2n) is 7.47. The third-order valence-electron chi connectivity index (χ3n) is 5.61. The van der Waals surface area contributed by atoms with Crippen molar-refractivity contribution in [3.63, 3.8) is 0 Å². The standard InChI is InChI=1S/C21H24BrN5O2/c22-16-6-7-18(23-12-16)25-20(28)15-8-10-27(11-9-15)21(29)17-13-24-26-19(17)14-4-2-1-3-5-14/h1-7,12,15,17,19,24,26H,8-11,13H2,(H,23,25,28). The maximum atomic E-state index is 13.1. The number of carbonyl (C=O) groups excluding carboxylic acids is 2. The highest BCUT2D eigenvalue weighted by Crippen LogP contribution is 2.28. The number of nitrogens with one attached hydrogen (secondary N) is 3. The van der Waals surface area contributed by atoms with Gasteiger partial charge in [0, 0.05) is 36.2 Å².